The summed E-state index contributed by atoms with van der Waals surface area (Å²) in [6, 6.07) is 57.0. The van der Waals surface area contributed by atoms with Gasteiger partial charge in [0, 0.05) is 22.5 Å². The van der Waals surface area contributed by atoms with E-state index in [0.717, 1.165) is 0 Å². The van der Waals surface area contributed by atoms with Gasteiger partial charge in [-0.3, -0.25) is 0 Å². The molecule has 0 bridgehead atoms. The standard InChI is InChI=1S/C67H77N/c1-63(2,3)52-35-47(33-48(36-52)49-34-50(38-53(37-49)64(4,5)6)51-39-54(65(7,8)9)42-55(40-51)66(10,11)12)45-27-29-56(30-28-45)68(57-24-20-23-46(41-57)44-21-16-15-17-22-44)58-31-32-60-59-25-18-19-26-61(59)67(13,14)62(60)43-58/h18-20,23-44H,15-17,21-22H2,1-14H3. The molecule has 0 aromatic heterocycles. The van der Waals surface area contributed by atoms with Gasteiger partial charge in [0.1, 0.15) is 0 Å². The summed E-state index contributed by atoms with van der Waals surface area (Å²) in [6.07, 6.45) is 6.57. The Morgan fingerprint density at radius 1 is 0.368 bits per heavy atom. The fourth-order valence-corrected chi connectivity index (χ4v) is 10.9. The highest BCUT2D eigenvalue weighted by Crippen LogP contribution is 2.51. The fraction of sp³-hybridized carbons (Fsp3) is 0.373. The van der Waals surface area contributed by atoms with Crippen molar-refractivity contribution in [3.8, 4) is 44.5 Å². The second-order valence-electron chi connectivity index (χ2n) is 25.1. The van der Waals surface area contributed by atoms with Crippen molar-refractivity contribution in [1.82, 2.24) is 0 Å². The van der Waals surface area contributed by atoms with E-state index in [1.165, 1.54) is 133 Å². The van der Waals surface area contributed by atoms with E-state index in [0.29, 0.717) is 5.92 Å². The Bertz CT molecular complexity index is 2940. The normalized spacial score (nSPS) is 15.3. The largest absolute Gasteiger partial charge is 0.310 e. The van der Waals surface area contributed by atoms with E-state index in [-0.39, 0.29) is 27.1 Å². The Morgan fingerprint density at radius 3 is 1.34 bits per heavy atom. The van der Waals surface area contributed by atoms with E-state index in [9.17, 15) is 0 Å². The zero-order chi connectivity index (χ0) is 48.6. The van der Waals surface area contributed by atoms with E-state index in [1.54, 1.807) is 0 Å². The maximum Gasteiger partial charge on any atom is 0.0465 e. The molecule has 7 aromatic carbocycles. The third-order valence-electron chi connectivity index (χ3n) is 15.4. The van der Waals surface area contributed by atoms with Crippen LogP contribution in [0.3, 0.4) is 0 Å². The maximum atomic E-state index is 2.51. The molecular weight excluding hydrogens is 819 g/mol. The van der Waals surface area contributed by atoms with Crippen LogP contribution in [-0.2, 0) is 27.1 Å². The minimum Gasteiger partial charge on any atom is -0.310 e. The van der Waals surface area contributed by atoms with Crippen LogP contribution >= 0.6 is 0 Å². The lowest BCUT2D eigenvalue weighted by Gasteiger charge is -2.29. The zero-order valence-corrected chi connectivity index (χ0v) is 43.9. The topological polar surface area (TPSA) is 3.24 Å². The molecule has 1 nitrogen and oxygen atoms in total. The van der Waals surface area contributed by atoms with E-state index >= 15 is 0 Å². The molecule has 9 rings (SSSR count). The molecule has 0 amide bonds. The predicted molar refractivity (Wildman–Crippen MR) is 296 cm³/mol. The summed E-state index contributed by atoms with van der Waals surface area (Å²) in [4.78, 5) is 2.51. The molecule has 0 heterocycles. The molecule has 68 heavy (non-hydrogen) atoms. The molecule has 0 atom stereocenters. The van der Waals surface area contributed by atoms with Crippen molar-refractivity contribution in [2.45, 2.75) is 162 Å². The van der Waals surface area contributed by atoms with Crippen LogP contribution in [0, 0.1) is 0 Å². The van der Waals surface area contributed by atoms with Crippen molar-refractivity contribution in [3.63, 3.8) is 0 Å². The average Bonchev–Trinajstić information content (AvgIpc) is 3.53. The van der Waals surface area contributed by atoms with Crippen LogP contribution < -0.4 is 4.90 Å². The lowest BCUT2D eigenvalue weighted by molar-refractivity contribution is 0.443. The molecular formula is C67H77N. The van der Waals surface area contributed by atoms with Crippen LogP contribution in [0.1, 0.15) is 174 Å². The predicted octanol–water partition coefficient (Wildman–Crippen LogP) is 19.7. The molecule has 1 fully saturated rings. The average molecular weight is 896 g/mol. The number of hydrogen-bond acceptors (Lipinski definition) is 1. The van der Waals surface area contributed by atoms with Crippen molar-refractivity contribution in [3.05, 3.63) is 185 Å². The summed E-state index contributed by atoms with van der Waals surface area (Å²) < 4.78 is 0. The highest BCUT2D eigenvalue weighted by molar-refractivity contribution is 5.87. The molecule has 0 saturated heterocycles. The van der Waals surface area contributed by atoms with Crippen molar-refractivity contribution in [1.29, 1.82) is 0 Å². The summed E-state index contributed by atoms with van der Waals surface area (Å²) in [5.74, 6) is 0.625. The summed E-state index contributed by atoms with van der Waals surface area (Å²) in [7, 11) is 0. The van der Waals surface area contributed by atoms with Crippen LogP contribution in [0.15, 0.2) is 146 Å². The lowest BCUT2D eigenvalue weighted by Crippen LogP contribution is -2.16. The van der Waals surface area contributed by atoms with Gasteiger partial charge in [-0.15, -0.1) is 0 Å². The van der Waals surface area contributed by atoms with Crippen molar-refractivity contribution in [2.24, 2.45) is 0 Å². The van der Waals surface area contributed by atoms with E-state index in [4.69, 9.17) is 0 Å². The van der Waals surface area contributed by atoms with Gasteiger partial charge in [0.05, 0.1) is 0 Å². The molecule has 0 unspecified atom stereocenters. The van der Waals surface area contributed by atoms with Gasteiger partial charge >= 0.3 is 0 Å². The Hall–Kier alpha value is -5.66. The molecule has 0 radical (unpaired) electrons. The van der Waals surface area contributed by atoms with E-state index in [2.05, 4.69) is 247 Å². The quantitative estimate of drug-likeness (QED) is 0.154. The fourth-order valence-electron chi connectivity index (χ4n) is 10.9. The first-order chi connectivity index (χ1) is 31.9. The van der Waals surface area contributed by atoms with Gasteiger partial charge in [-0.2, -0.15) is 0 Å². The van der Waals surface area contributed by atoms with Gasteiger partial charge < -0.3 is 4.90 Å². The number of anilines is 3. The minimum absolute atomic E-state index is 0.0279. The van der Waals surface area contributed by atoms with Gasteiger partial charge in [0.25, 0.3) is 0 Å². The second kappa shape index (κ2) is 17.4. The van der Waals surface area contributed by atoms with Crippen LogP contribution in [0.5, 0.6) is 0 Å². The molecule has 1 saturated carbocycles. The first-order valence-electron chi connectivity index (χ1n) is 25.7. The number of fused-ring (bicyclic) bond motifs is 3. The molecule has 0 aliphatic heterocycles. The van der Waals surface area contributed by atoms with Crippen LogP contribution in [-0.4, -0.2) is 0 Å². The number of hydrogen-bond donors (Lipinski definition) is 0. The number of benzene rings is 7. The van der Waals surface area contributed by atoms with Gasteiger partial charge in [0.15, 0.2) is 0 Å². The van der Waals surface area contributed by atoms with Crippen molar-refractivity contribution in [2.75, 3.05) is 4.90 Å². The Labute approximate surface area is 411 Å². The highest BCUT2D eigenvalue weighted by Gasteiger charge is 2.36. The van der Waals surface area contributed by atoms with Crippen molar-refractivity contribution >= 4 is 17.1 Å². The summed E-state index contributed by atoms with van der Waals surface area (Å²) in [6.45, 7) is 32.9. The van der Waals surface area contributed by atoms with Gasteiger partial charge in [-0.05, 0) is 172 Å². The van der Waals surface area contributed by atoms with Crippen LogP contribution in [0.2, 0.25) is 0 Å². The third kappa shape index (κ3) is 9.40. The molecule has 2 aliphatic carbocycles. The zero-order valence-electron chi connectivity index (χ0n) is 43.9. The first-order valence-corrected chi connectivity index (χ1v) is 25.7. The lowest BCUT2D eigenvalue weighted by atomic mass is 9.77. The third-order valence-corrected chi connectivity index (χ3v) is 15.4. The van der Waals surface area contributed by atoms with Gasteiger partial charge in [-0.1, -0.05) is 213 Å². The van der Waals surface area contributed by atoms with Crippen molar-refractivity contribution < 1.29 is 0 Å². The second-order valence-corrected chi connectivity index (χ2v) is 25.1. The molecule has 0 N–H and O–H groups in total. The summed E-state index contributed by atoms with van der Waals surface area (Å²) >= 11 is 0. The van der Waals surface area contributed by atoms with Gasteiger partial charge in [0.2, 0.25) is 0 Å². The van der Waals surface area contributed by atoms with E-state index < -0.39 is 0 Å². The number of rotatable bonds is 7. The molecule has 1 heteroatoms. The SMILES string of the molecule is CC(C)(C)c1cc(-c2ccc(N(c3cccc(C4CCCCC4)c3)c3ccc4c(c3)C(C)(C)c3ccccc3-4)cc2)cc(-c2cc(-c3cc(C(C)(C)C)cc(C(C)(C)C)c3)cc(C(C)(C)C)c2)c1. The Kier molecular flexibility index (Phi) is 12.1. The first kappa shape index (κ1) is 47.4. The summed E-state index contributed by atoms with van der Waals surface area (Å²) in [5, 5.41) is 0. The molecule has 7 aromatic rings. The molecule has 350 valence electrons. The minimum atomic E-state index is -0.0871. The van der Waals surface area contributed by atoms with Crippen LogP contribution in [0.4, 0.5) is 17.1 Å². The van der Waals surface area contributed by atoms with E-state index in [1.807, 2.05) is 0 Å². The maximum absolute atomic E-state index is 2.51. The highest BCUT2D eigenvalue weighted by atomic mass is 15.1. The van der Waals surface area contributed by atoms with Crippen LogP contribution in [0.25, 0.3) is 44.5 Å². The summed E-state index contributed by atoms with van der Waals surface area (Å²) in [5.41, 5.74) is 23.5. The number of nitrogens with zero attached hydrogens (tertiary/aromatic N) is 1. The Balaban J connectivity index is 1.16. The molecule has 2 aliphatic rings. The Morgan fingerprint density at radius 2 is 0.809 bits per heavy atom. The monoisotopic (exact) mass is 896 g/mol. The molecule has 0 spiro atoms. The smallest absolute Gasteiger partial charge is 0.0465 e. The van der Waals surface area contributed by atoms with Gasteiger partial charge in [-0.25, -0.2) is 0 Å².